The predicted octanol–water partition coefficient (Wildman–Crippen LogP) is 4.15. The standard InChI is InChI=1S/C17H31ClN2/c1-4-17(3)13-20(12-14(2)10-18)16(11-19-17)15-8-6-5-7-9-15/h10,15-16,19H,4-9,11-13H2,1-3H3. The summed E-state index contributed by atoms with van der Waals surface area (Å²) >= 11 is 5.91. The quantitative estimate of drug-likeness (QED) is 0.839. The highest BCUT2D eigenvalue weighted by atomic mass is 35.5. The van der Waals surface area contributed by atoms with Gasteiger partial charge in [-0.15, -0.1) is 0 Å². The van der Waals surface area contributed by atoms with Crippen LogP contribution < -0.4 is 5.32 Å². The van der Waals surface area contributed by atoms with Crippen molar-refractivity contribution in [2.24, 2.45) is 5.92 Å². The first-order valence-electron chi connectivity index (χ1n) is 8.33. The van der Waals surface area contributed by atoms with Gasteiger partial charge in [0.2, 0.25) is 0 Å². The third-order valence-electron chi connectivity index (χ3n) is 5.37. The topological polar surface area (TPSA) is 15.3 Å². The van der Waals surface area contributed by atoms with Crippen molar-refractivity contribution in [1.82, 2.24) is 10.2 Å². The van der Waals surface area contributed by atoms with Gasteiger partial charge in [-0.2, -0.15) is 0 Å². The molecule has 0 aromatic carbocycles. The van der Waals surface area contributed by atoms with Crippen molar-refractivity contribution in [3.63, 3.8) is 0 Å². The highest BCUT2D eigenvalue weighted by Gasteiger charge is 2.38. The van der Waals surface area contributed by atoms with Crippen molar-refractivity contribution in [3.8, 4) is 0 Å². The van der Waals surface area contributed by atoms with E-state index in [1.807, 2.05) is 0 Å². The van der Waals surface area contributed by atoms with Crippen LogP contribution in [0.15, 0.2) is 11.1 Å². The van der Waals surface area contributed by atoms with Crippen LogP contribution in [0.25, 0.3) is 0 Å². The van der Waals surface area contributed by atoms with E-state index >= 15 is 0 Å². The zero-order valence-electron chi connectivity index (χ0n) is 13.4. The molecule has 0 bridgehead atoms. The Morgan fingerprint density at radius 2 is 2.05 bits per heavy atom. The van der Waals surface area contributed by atoms with Gasteiger partial charge in [0.15, 0.2) is 0 Å². The van der Waals surface area contributed by atoms with Crippen molar-refractivity contribution < 1.29 is 0 Å². The van der Waals surface area contributed by atoms with Crippen LogP contribution in [0, 0.1) is 5.92 Å². The lowest BCUT2D eigenvalue weighted by Crippen LogP contribution is -2.64. The van der Waals surface area contributed by atoms with E-state index in [1.165, 1.54) is 44.1 Å². The molecule has 1 aliphatic carbocycles. The summed E-state index contributed by atoms with van der Waals surface area (Å²) < 4.78 is 0. The maximum absolute atomic E-state index is 5.91. The third-order valence-corrected chi connectivity index (χ3v) is 5.74. The molecule has 2 atom stereocenters. The zero-order chi connectivity index (χ0) is 14.6. The fraction of sp³-hybridized carbons (Fsp3) is 0.882. The minimum absolute atomic E-state index is 0.262. The fourth-order valence-electron chi connectivity index (χ4n) is 3.85. The van der Waals surface area contributed by atoms with Gasteiger partial charge in [0.05, 0.1) is 0 Å². The number of piperazine rings is 1. The molecule has 2 nitrogen and oxygen atoms in total. The molecule has 2 unspecified atom stereocenters. The Bertz CT molecular complexity index is 336. The number of nitrogens with one attached hydrogen (secondary N) is 1. The van der Waals surface area contributed by atoms with Crippen LogP contribution in [-0.2, 0) is 0 Å². The van der Waals surface area contributed by atoms with Crippen molar-refractivity contribution in [2.75, 3.05) is 19.6 Å². The monoisotopic (exact) mass is 298 g/mol. The summed E-state index contributed by atoms with van der Waals surface area (Å²) in [7, 11) is 0. The molecule has 1 heterocycles. The SMILES string of the molecule is CCC1(C)CN(CC(C)=CCl)C(C2CCCCC2)CN1. The summed E-state index contributed by atoms with van der Waals surface area (Å²) in [6, 6.07) is 0.696. The molecular weight excluding hydrogens is 268 g/mol. The van der Waals surface area contributed by atoms with Crippen LogP contribution in [0.4, 0.5) is 0 Å². The van der Waals surface area contributed by atoms with E-state index in [0.717, 1.165) is 25.6 Å². The van der Waals surface area contributed by atoms with Gasteiger partial charge in [0.1, 0.15) is 0 Å². The molecule has 0 amide bonds. The van der Waals surface area contributed by atoms with Crippen LogP contribution >= 0.6 is 11.6 Å². The Morgan fingerprint density at radius 3 is 2.65 bits per heavy atom. The van der Waals surface area contributed by atoms with E-state index in [9.17, 15) is 0 Å². The maximum Gasteiger partial charge on any atom is 0.0278 e. The van der Waals surface area contributed by atoms with E-state index < -0.39 is 0 Å². The second-order valence-electron chi connectivity index (χ2n) is 7.12. The van der Waals surface area contributed by atoms with Crippen molar-refractivity contribution in [3.05, 3.63) is 11.1 Å². The maximum atomic E-state index is 5.91. The Morgan fingerprint density at radius 1 is 1.35 bits per heavy atom. The minimum atomic E-state index is 0.262. The van der Waals surface area contributed by atoms with Gasteiger partial charge >= 0.3 is 0 Å². The van der Waals surface area contributed by atoms with Crippen LogP contribution in [0.3, 0.4) is 0 Å². The molecule has 1 N–H and O–H groups in total. The number of hydrogen-bond donors (Lipinski definition) is 1. The normalized spacial score (nSPS) is 34.4. The van der Waals surface area contributed by atoms with Crippen LogP contribution in [0.1, 0.15) is 59.3 Å². The molecule has 1 saturated heterocycles. The van der Waals surface area contributed by atoms with Gasteiger partial charge < -0.3 is 5.32 Å². The molecule has 2 rings (SSSR count). The molecule has 0 aromatic heterocycles. The molecule has 0 radical (unpaired) electrons. The van der Waals surface area contributed by atoms with Crippen molar-refractivity contribution in [2.45, 2.75) is 70.9 Å². The molecule has 0 aromatic rings. The smallest absolute Gasteiger partial charge is 0.0278 e. The molecule has 1 saturated carbocycles. The van der Waals surface area contributed by atoms with E-state index in [1.54, 1.807) is 5.54 Å². The Labute approximate surface area is 129 Å². The average molecular weight is 299 g/mol. The third kappa shape index (κ3) is 3.99. The number of hydrogen-bond acceptors (Lipinski definition) is 2. The molecule has 2 fully saturated rings. The number of halogens is 1. The zero-order valence-corrected chi connectivity index (χ0v) is 14.2. The Hall–Kier alpha value is -0.0500. The lowest BCUT2D eigenvalue weighted by molar-refractivity contribution is 0.0478. The van der Waals surface area contributed by atoms with E-state index in [4.69, 9.17) is 11.6 Å². The first-order valence-corrected chi connectivity index (χ1v) is 8.76. The predicted molar refractivity (Wildman–Crippen MR) is 88.2 cm³/mol. The van der Waals surface area contributed by atoms with Gasteiger partial charge in [0.25, 0.3) is 0 Å². The lowest BCUT2D eigenvalue weighted by atomic mass is 9.80. The van der Waals surface area contributed by atoms with Gasteiger partial charge in [-0.1, -0.05) is 37.8 Å². The average Bonchev–Trinajstić information content (AvgIpc) is 2.48. The van der Waals surface area contributed by atoms with E-state index in [0.29, 0.717) is 6.04 Å². The molecule has 3 heteroatoms. The Balaban J connectivity index is 2.07. The van der Waals surface area contributed by atoms with Gasteiger partial charge in [-0.05, 0) is 44.6 Å². The Kier molecular flexibility index (Phi) is 5.95. The van der Waals surface area contributed by atoms with Crippen LogP contribution in [-0.4, -0.2) is 36.1 Å². The largest absolute Gasteiger partial charge is 0.309 e. The van der Waals surface area contributed by atoms with Crippen molar-refractivity contribution in [1.29, 1.82) is 0 Å². The molecule has 0 spiro atoms. The van der Waals surface area contributed by atoms with E-state index in [2.05, 4.69) is 31.0 Å². The second-order valence-corrected chi connectivity index (χ2v) is 7.34. The first kappa shape index (κ1) is 16.3. The summed E-state index contributed by atoms with van der Waals surface area (Å²) in [6.45, 7) is 10.1. The lowest BCUT2D eigenvalue weighted by Gasteiger charge is -2.49. The second kappa shape index (κ2) is 7.29. The molecule has 20 heavy (non-hydrogen) atoms. The number of rotatable bonds is 4. The van der Waals surface area contributed by atoms with Gasteiger partial charge in [-0.3, -0.25) is 4.90 Å². The number of nitrogens with zero attached hydrogens (tertiary/aromatic N) is 1. The summed E-state index contributed by atoms with van der Waals surface area (Å²) in [6.07, 6.45) is 8.29. The first-order chi connectivity index (χ1) is 9.58. The highest BCUT2D eigenvalue weighted by molar-refractivity contribution is 6.25. The van der Waals surface area contributed by atoms with Crippen LogP contribution in [0.2, 0.25) is 0 Å². The molecule has 1 aliphatic heterocycles. The van der Waals surface area contributed by atoms with E-state index in [-0.39, 0.29) is 5.54 Å². The fourth-order valence-corrected chi connectivity index (χ4v) is 3.92. The van der Waals surface area contributed by atoms with Gasteiger partial charge in [-0.25, -0.2) is 0 Å². The summed E-state index contributed by atoms with van der Waals surface area (Å²) in [5.74, 6) is 0.876. The molecule has 116 valence electrons. The van der Waals surface area contributed by atoms with Crippen LogP contribution in [0.5, 0.6) is 0 Å². The summed E-state index contributed by atoms with van der Waals surface area (Å²) in [4.78, 5) is 2.70. The molecular formula is C17H31ClN2. The summed E-state index contributed by atoms with van der Waals surface area (Å²) in [5, 5.41) is 3.82. The summed E-state index contributed by atoms with van der Waals surface area (Å²) in [5.41, 5.74) is 3.30. The highest BCUT2D eigenvalue weighted by Crippen LogP contribution is 2.32. The van der Waals surface area contributed by atoms with Gasteiger partial charge in [0, 0.05) is 36.8 Å². The van der Waals surface area contributed by atoms with Crippen molar-refractivity contribution >= 4 is 11.6 Å². The minimum Gasteiger partial charge on any atom is -0.309 e. The molecule has 2 aliphatic rings.